The van der Waals surface area contributed by atoms with Gasteiger partial charge in [-0.05, 0) is 46.9 Å². The largest absolute Gasteiger partial charge is 0.395 e. The summed E-state index contributed by atoms with van der Waals surface area (Å²) < 4.78 is 1.09. The maximum atomic E-state index is 11.3. The van der Waals surface area contributed by atoms with Crippen molar-refractivity contribution < 1.29 is 9.90 Å². The number of aliphatic hydroxyl groups is 1. The first-order valence-corrected chi connectivity index (χ1v) is 4.96. The Balaban J connectivity index is 2.61. The smallest absolute Gasteiger partial charge is 0.251 e. The van der Waals surface area contributed by atoms with Crippen LogP contribution in [-0.4, -0.2) is 24.2 Å². The molecule has 0 aliphatic heterocycles. The summed E-state index contributed by atoms with van der Waals surface area (Å²) in [6.45, 7) is 0.265. The fourth-order valence-electron chi connectivity index (χ4n) is 0.873. The molecule has 4 heteroatoms. The molecule has 0 atom stereocenters. The highest BCUT2D eigenvalue weighted by atomic mass is 127. The number of hydrogen-bond acceptors (Lipinski definition) is 2. The van der Waals surface area contributed by atoms with Crippen molar-refractivity contribution in [2.24, 2.45) is 0 Å². The van der Waals surface area contributed by atoms with E-state index in [1.54, 1.807) is 12.1 Å². The topological polar surface area (TPSA) is 49.3 Å². The molecule has 0 bridgehead atoms. The summed E-state index contributed by atoms with van der Waals surface area (Å²) in [4.78, 5) is 11.3. The van der Waals surface area contributed by atoms with Gasteiger partial charge in [0.05, 0.1) is 6.61 Å². The summed E-state index contributed by atoms with van der Waals surface area (Å²) in [7, 11) is 0. The highest BCUT2D eigenvalue weighted by molar-refractivity contribution is 14.1. The van der Waals surface area contributed by atoms with Crippen LogP contribution >= 0.6 is 22.6 Å². The molecule has 1 amide bonds. The van der Waals surface area contributed by atoms with Crippen LogP contribution < -0.4 is 5.32 Å². The van der Waals surface area contributed by atoms with Gasteiger partial charge in [0.2, 0.25) is 0 Å². The molecule has 0 unspecified atom stereocenters. The van der Waals surface area contributed by atoms with Crippen LogP contribution in [0.4, 0.5) is 0 Å². The first kappa shape index (κ1) is 10.5. The molecule has 0 spiro atoms. The summed E-state index contributed by atoms with van der Waals surface area (Å²) in [6.07, 6.45) is 0. The zero-order valence-corrected chi connectivity index (χ0v) is 9.11. The Hall–Kier alpha value is -0.620. The lowest BCUT2D eigenvalue weighted by molar-refractivity contribution is 0.0945. The standard InChI is InChI=1S/C9H10INO2/c10-8-3-1-7(2-4-8)9(13)11-5-6-12/h1-4,12H,5-6H2,(H,11,13). The number of rotatable bonds is 3. The van der Waals surface area contributed by atoms with Crippen LogP contribution in [0, 0.1) is 3.57 Å². The minimum Gasteiger partial charge on any atom is -0.395 e. The van der Waals surface area contributed by atoms with E-state index < -0.39 is 0 Å². The summed E-state index contributed by atoms with van der Waals surface area (Å²) in [5, 5.41) is 11.1. The Kier molecular flexibility index (Phi) is 4.17. The minimum atomic E-state index is -0.148. The van der Waals surface area contributed by atoms with Crippen LogP contribution in [0.5, 0.6) is 0 Å². The van der Waals surface area contributed by atoms with Gasteiger partial charge in [0.1, 0.15) is 0 Å². The third-order valence-electron chi connectivity index (χ3n) is 1.50. The van der Waals surface area contributed by atoms with Crippen molar-refractivity contribution in [3.05, 3.63) is 33.4 Å². The Morgan fingerprint density at radius 3 is 2.54 bits per heavy atom. The highest BCUT2D eigenvalue weighted by Gasteiger charge is 2.02. The second kappa shape index (κ2) is 5.18. The van der Waals surface area contributed by atoms with Gasteiger partial charge >= 0.3 is 0 Å². The zero-order chi connectivity index (χ0) is 9.68. The number of amides is 1. The fraction of sp³-hybridized carbons (Fsp3) is 0.222. The molecule has 0 saturated carbocycles. The Morgan fingerprint density at radius 2 is 2.00 bits per heavy atom. The zero-order valence-electron chi connectivity index (χ0n) is 6.96. The van der Waals surface area contributed by atoms with E-state index in [-0.39, 0.29) is 12.5 Å². The molecule has 1 aromatic rings. The van der Waals surface area contributed by atoms with Gasteiger partial charge in [0.15, 0.2) is 0 Å². The van der Waals surface area contributed by atoms with Gasteiger partial charge in [-0.1, -0.05) is 0 Å². The lowest BCUT2D eigenvalue weighted by Crippen LogP contribution is -2.26. The molecule has 3 nitrogen and oxygen atoms in total. The number of benzene rings is 1. The first-order chi connectivity index (χ1) is 6.24. The lowest BCUT2D eigenvalue weighted by Gasteiger charge is -2.02. The summed E-state index contributed by atoms with van der Waals surface area (Å²) in [5.74, 6) is -0.148. The van der Waals surface area contributed by atoms with Gasteiger partial charge in [0, 0.05) is 15.7 Å². The molecule has 0 aliphatic carbocycles. The summed E-state index contributed by atoms with van der Waals surface area (Å²) in [6, 6.07) is 7.26. The van der Waals surface area contributed by atoms with Crippen molar-refractivity contribution >= 4 is 28.5 Å². The molecule has 0 heterocycles. The lowest BCUT2D eigenvalue weighted by atomic mass is 10.2. The van der Waals surface area contributed by atoms with E-state index >= 15 is 0 Å². The molecule has 13 heavy (non-hydrogen) atoms. The maximum absolute atomic E-state index is 11.3. The van der Waals surface area contributed by atoms with Crippen LogP contribution in [0.2, 0.25) is 0 Å². The van der Waals surface area contributed by atoms with E-state index in [1.165, 1.54) is 0 Å². The highest BCUT2D eigenvalue weighted by Crippen LogP contribution is 2.06. The van der Waals surface area contributed by atoms with Gasteiger partial charge in [-0.15, -0.1) is 0 Å². The Bertz CT molecular complexity index is 284. The SMILES string of the molecule is O=C(NCCO)c1ccc(I)cc1. The summed E-state index contributed by atoms with van der Waals surface area (Å²) in [5.41, 5.74) is 0.619. The fourth-order valence-corrected chi connectivity index (χ4v) is 1.23. The van der Waals surface area contributed by atoms with Gasteiger partial charge < -0.3 is 10.4 Å². The van der Waals surface area contributed by atoms with E-state index in [9.17, 15) is 4.79 Å². The molecule has 1 rings (SSSR count). The quantitative estimate of drug-likeness (QED) is 0.817. The molecular weight excluding hydrogens is 281 g/mol. The van der Waals surface area contributed by atoms with Crippen LogP contribution in [0.15, 0.2) is 24.3 Å². The number of carbonyl (C=O) groups is 1. The molecule has 0 saturated heterocycles. The van der Waals surface area contributed by atoms with E-state index in [2.05, 4.69) is 27.9 Å². The third kappa shape index (κ3) is 3.31. The molecule has 2 N–H and O–H groups in total. The van der Waals surface area contributed by atoms with Crippen LogP contribution in [0.3, 0.4) is 0 Å². The van der Waals surface area contributed by atoms with Crippen molar-refractivity contribution in [1.82, 2.24) is 5.32 Å². The average molecular weight is 291 g/mol. The summed E-state index contributed by atoms with van der Waals surface area (Å²) >= 11 is 2.18. The monoisotopic (exact) mass is 291 g/mol. The Morgan fingerprint density at radius 1 is 1.38 bits per heavy atom. The van der Waals surface area contributed by atoms with Gasteiger partial charge in [-0.2, -0.15) is 0 Å². The predicted molar refractivity (Wildman–Crippen MR) is 58.6 cm³/mol. The third-order valence-corrected chi connectivity index (χ3v) is 2.22. The number of hydrogen-bond donors (Lipinski definition) is 2. The van der Waals surface area contributed by atoms with E-state index in [1.807, 2.05) is 12.1 Å². The first-order valence-electron chi connectivity index (χ1n) is 3.88. The second-order valence-electron chi connectivity index (χ2n) is 2.49. The second-order valence-corrected chi connectivity index (χ2v) is 3.73. The van der Waals surface area contributed by atoms with Crippen molar-refractivity contribution in [2.75, 3.05) is 13.2 Å². The minimum absolute atomic E-state index is 0.0316. The molecule has 1 aromatic carbocycles. The normalized spacial score (nSPS) is 9.69. The van der Waals surface area contributed by atoms with E-state index in [4.69, 9.17) is 5.11 Å². The van der Waals surface area contributed by atoms with Crippen molar-refractivity contribution in [3.8, 4) is 0 Å². The molecule has 0 radical (unpaired) electrons. The number of aliphatic hydroxyl groups excluding tert-OH is 1. The number of halogens is 1. The maximum Gasteiger partial charge on any atom is 0.251 e. The Labute approximate surface area is 90.3 Å². The van der Waals surface area contributed by atoms with Gasteiger partial charge in [0.25, 0.3) is 5.91 Å². The van der Waals surface area contributed by atoms with E-state index in [0.29, 0.717) is 12.1 Å². The molecule has 0 aromatic heterocycles. The van der Waals surface area contributed by atoms with E-state index in [0.717, 1.165) is 3.57 Å². The van der Waals surface area contributed by atoms with Gasteiger partial charge in [-0.3, -0.25) is 4.79 Å². The molecular formula is C9H10INO2. The van der Waals surface area contributed by atoms with Crippen molar-refractivity contribution in [1.29, 1.82) is 0 Å². The van der Waals surface area contributed by atoms with Crippen LogP contribution in [0.1, 0.15) is 10.4 Å². The van der Waals surface area contributed by atoms with Crippen molar-refractivity contribution in [2.45, 2.75) is 0 Å². The number of nitrogens with one attached hydrogen (secondary N) is 1. The van der Waals surface area contributed by atoms with Crippen LogP contribution in [-0.2, 0) is 0 Å². The average Bonchev–Trinajstić information content (AvgIpc) is 2.15. The molecule has 70 valence electrons. The predicted octanol–water partition coefficient (Wildman–Crippen LogP) is 1.01. The molecule has 0 aliphatic rings. The van der Waals surface area contributed by atoms with Crippen LogP contribution in [0.25, 0.3) is 0 Å². The van der Waals surface area contributed by atoms with Gasteiger partial charge in [-0.25, -0.2) is 0 Å². The number of carbonyl (C=O) groups excluding carboxylic acids is 1. The molecule has 0 fully saturated rings. The van der Waals surface area contributed by atoms with Crippen molar-refractivity contribution in [3.63, 3.8) is 0 Å².